The van der Waals surface area contributed by atoms with Crippen molar-refractivity contribution in [3.63, 3.8) is 0 Å². The van der Waals surface area contributed by atoms with Crippen LogP contribution in [0.5, 0.6) is 0 Å². The van der Waals surface area contributed by atoms with E-state index in [0.29, 0.717) is 15.6 Å². The number of carbonyl (C=O) groups excluding carboxylic acids is 2. The second kappa shape index (κ2) is 8.38. The lowest BCUT2D eigenvalue weighted by atomic mass is 10.1. The van der Waals surface area contributed by atoms with Gasteiger partial charge in [-0.1, -0.05) is 53.7 Å². The molecule has 0 saturated carbocycles. The topological polar surface area (TPSA) is 49.4 Å². The molecule has 150 valence electrons. The maximum atomic E-state index is 13.3. The van der Waals surface area contributed by atoms with E-state index in [1.54, 1.807) is 24.3 Å². The van der Waals surface area contributed by atoms with Crippen LogP contribution in [0.15, 0.2) is 88.3 Å². The highest BCUT2D eigenvalue weighted by molar-refractivity contribution is 8.04. The number of nitrogens with one attached hydrogen (secondary N) is 1. The van der Waals surface area contributed by atoms with Crippen molar-refractivity contribution in [2.45, 2.75) is 18.7 Å². The normalized spacial score (nSPS) is 13.9. The Bertz CT molecular complexity index is 1150. The van der Waals surface area contributed by atoms with E-state index in [9.17, 15) is 9.59 Å². The van der Waals surface area contributed by atoms with E-state index in [1.165, 1.54) is 16.7 Å². The van der Waals surface area contributed by atoms with Crippen molar-refractivity contribution in [2.24, 2.45) is 0 Å². The molecule has 1 aliphatic heterocycles. The Morgan fingerprint density at radius 2 is 1.53 bits per heavy atom. The molecule has 4 rings (SSSR count). The molecule has 0 fully saturated rings. The van der Waals surface area contributed by atoms with Gasteiger partial charge in [-0.25, -0.2) is 4.90 Å². The van der Waals surface area contributed by atoms with Crippen LogP contribution in [0.4, 0.5) is 11.4 Å². The lowest BCUT2D eigenvalue weighted by Gasteiger charge is -2.15. The average molecular weight is 435 g/mol. The smallest absolute Gasteiger partial charge is 0.283 e. The summed E-state index contributed by atoms with van der Waals surface area (Å²) in [5.41, 5.74) is 3.61. The standard InChI is InChI=1S/C24H19ClN2O2S/c1-15-11-16(2)13-18(12-15)26-21-22(30-20-9-4-3-5-10-20)24(29)27(23(21)28)19-8-6-7-17(25)14-19/h3-14,26H,1-2H3. The molecule has 30 heavy (non-hydrogen) atoms. The molecule has 2 amide bonds. The fourth-order valence-corrected chi connectivity index (χ4v) is 4.49. The number of rotatable bonds is 5. The van der Waals surface area contributed by atoms with Crippen LogP contribution in [0, 0.1) is 13.8 Å². The molecule has 3 aromatic rings. The molecule has 0 unspecified atom stereocenters. The molecule has 1 aliphatic rings. The van der Waals surface area contributed by atoms with E-state index in [2.05, 4.69) is 11.4 Å². The number of hydrogen-bond acceptors (Lipinski definition) is 4. The number of benzene rings is 3. The molecule has 0 bridgehead atoms. The number of carbonyl (C=O) groups is 2. The van der Waals surface area contributed by atoms with Crippen LogP contribution in [-0.4, -0.2) is 11.8 Å². The minimum atomic E-state index is -0.403. The van der Waals surface area contributed by atoms with Crippen LogP contribution in [0.25, 0.3) is 0 Å². The second-order valence-corrected chi connectivity index (χ2v) is 8.57. The van der Waals surface area contributed by atoms with Crippen molar-refractivity contribution in [3.8, 4) is 0 Å². The predicted octanol–water partition coefficient (Wildman–Crippen LogP) is 5.95. The van der Waals surface area contributed by atoms with Gasteiger partial charge in [-0.05, 0) is 67.4 Å². The molecule has 1 heterocycles. The molecule has 0 radical (unpaired) electrons. The lowest BCUT2D eigenvalue weighted by molar-refractivity contribution is -0.120. The molecule has 3 aromatic carbocycles. The number of aryl methyl sites for hydroxylation is 2. The van der Waals surface area contributed by atoms with Crippen LogP contribution in [0.1, 0.15) is 11.1 Å². The minimum Gasteiger partial charge on any atom is -0.350 e. The second-order valence-electron chi connectivity index (χ2n) is 7.05. The molecule has 0 spiro atoms. The van der Waals surface area contributed by atoms with Crippen LogP contribution in [0.3, 0.4) is 0 Å². The third-order valence-corrected chi connectivity index (χ3v) is 5.89. The van der Waals surface area contributed by atoms with Gasteiger partial charge < -0.3 is 5.32 Å². The SMILES string of the molecule is Cc1cc(C)cc(NC2=C(Sc3ccccc3)C(=O)N(c3cccc(Cl)c3)C2=O)c1. The summed E-state index contributed by atoms with van der Waals surface area (Å²) in [6.07, 6.45) is 0. The number of amides is 2. The van der Waals surface area contributed by atoms with Gasteiger partial charge in [0, 0.05) is 15.6 Å². The van der Waals surface area contributed by atoms with Crippen molar-refractivity contribution in [3.05, 3.63) is 99.5 Å². The maximum absolute atomic E-state index is 13.3. The molecular formula is C24H19ClN2O2S. The van der Waals surface area contributed by atoms with Crippen LogP contribution < -0.4 is 10.2 Å². The number of hydrogen-bond donors (Lipinski definition) is 1. The summed E-state index contributed by atoms with van der Waals surface area (Å²) >= 11 is 7.38. The van der Waals surface area contributed by atoms with E-state index >= 15 is 0 Å². The van der Waals surface area contributed by atoms with E-state index in [4.69, 9.17) is 11.6 Å². The van der Waals surface area contributed by atoms with Gasteiger partial charge in [0.2, 0.25) is 0 Å². The van der Waals surface area contributed by atoms with E-state index in [-0.39, 0.29) is 11.6 Å². The number of nitrogens with zero attached hydrogens (tertiary/aromatic N) is 1. The van der Waals surface area contributed by atoms with Crippen molar-refractivity contribution >= 4 is 46.6 Å². The van der Waals surface area contributed by atoms with E-state index < -0.39 is 5.91 Å². The number of thioether (sulfide) groups is 1. The molecular weight excluding hydrogens is 416 g/mol. The van der Waals surface area contributed by atoms with Gasteiger partial charge in [-0.15, -0.1) is 0 Å². The number of anilines is 2. The average Bonchev–Trinajstić information content (AvgIpc) is 2.92. The highest BCUT2D eigenvalue weighted by Crippen LogP contribution is 2.38. The van der Waals surface area contributed by atoms with Gasteiger partial charge in [-0.3, -0.25) is 9.59 Å². The number of halogens is 1. The molecule has 4 nitrogen and oxygen atoms in total. The Morgan fingerprint density at radius 1 is 0.833 bits per heavy atom. The Balaban J connectivity index is 1.77. The van der Waals surface area contributed by atoms with E-state index in [0.717, 1.165) is 21.7 Å². The third kappa shape index (κ3) is 4.13. The Labute approximate surface area is 184 Å². The van der Waals surface area contributed by atoms with Crippen LogP contribution in [-0.2, 0) is 9.59 Å². The highest BCUT2D eigenvalue weighted by atomic mass is 35.5. The summed E-state index contributed by atoms with van der Waals surface area (Å²) in [7, 11) is 0. The van der Waals surface area contributed by atoms with Crippen molar-refractivity contribution in [1.82, 2.24) is 0 Å². The fraction of sp³-hybridized carbons (Fsp3) is 0.0833. The van der Waals surface area contributed by atoms with Gasteiger partial charge >= 0.3 is 0 Å². The summed E-state index contributed by atoms with van der Waals surface area (Å²) in [4.78, 5) is 29.0. The molecule has 0 saturated heterocycles. The monoisotopic (exact) mass is 434 g/mol. The van der Waals surface area contributed by atoms with Crippen LogP contribution >= 0.6 is 23.4 Å². The van der Waals surface area contributed by atoms with Crippen LogP contribution in [0.2, 0.25) is 5.02 Å². The van der Waals surface area contributed by atoms with E-state index in [1.807, 2.05) is 56.3 Å². The third-order valence-electron chi connectivity index (χ3n) is 4.56. The van der Waals surface area contributed by atoms with Crippen molar-refractivity contribution < 1.29 is 9.59 Å². The lowest BCUT2D eigenvalue weighted by Crippen LogP contribution is -2.32. The first-order valence-electron chi connectivity index (χ1n) is 9.39. The highest BCUT2D eigenvalue weighted by Gasteiger charge is 2.40. The zero-order chi connectivity index (χ0) is 21.3. The van der Waals surface area contributed by atoms with Crippen molar-refractivity contribution in [1.29, 1.82) is 0 Å². The van der Waals surface area contributed by atoms with Gasteiger partial charge in [0.25, 0.3) is 11.8 Å². The minimum absolute atomic E-state index is 0.263. The molecule has 0 aliphatic carbocycles. The summed E-state index contributed by atoms with van der Waals surface area (Å²) in [5, 5.41) is 3.66. The fourth-order valence-electron chi connectivity index (χ4n) is 3.36. The zero-order valence-electron chi connectivity index (χ0n) is 16.5. The first-order valence-corrected chi connectivity index (χ1v) is 10.6. The first-order chi connectivity index (χ1) is 14.4. The summed E-state index contributed by atoms with van der Waals surface area (Å²) in [6.45, 7) is 3.98. The molecule has 0 atom stereocenters. The Kier molecular flexibility index (Phi) is 5.66. The Hall–Kier alpha value is -3.02. The van der Waals surface area contributed by atoms with Gasteiger partial charge in [-0.2, -0.15) is 0 Å². The van der Waals surface area contributed by atoms with Gasteiger partial charge in [0.05, 0.1) is 5.69 Å². The molecule has 1 N–H and O–H groups in total. The molecule has 0 aromatic heterocycles. The maximum Gasteiger partial charge on any atom is 0.283 e. The van der Waals surface area contributed by atoms with Crippen molar-refractivity contribution in [2.75, 3.05) is 10.2 Å². The Morgan fingerprint density at radius 3 is 2.20 bits per heavy atom. The first kappa shape index (κ1) is 20.3. The summed E-state index contributed by atoms with van der Waals surface area (Å²) in [5.74, 6) is -0.775. The zero-order valence-corrected chi connectivity index (χ0v) is 18.1. The molecule has 6 heteroatoms. The largest absolute Gasteiger partial charge is 0.350 e. The van der Waals surface area contributed by atoms with Gasteiger partial charge in [0.15, 0.2) is 0 Å². The summed E-state index contributed by atoms with van der Waals surface area (Å²) in [6, 6.07) is 22.2. The predicted molar refractivity (Wildman–Crippen MR) is 123 cm³/mol. The van der Waals surface area contributed by atoms with Gasteiger partial charge in [0.1, 0.15) is 10.6 Å². The quantitative estimate of drug-likeness (QED) is 0.504. The summed E-state index contributed by atoms with van der Waals surface area (Å²) < 4.78 is 0. The number of imide groups is 1.